The second-order valence-corrected chi connectivity index (χ2v) is 4.91. The lowest BCUT2D eigenvalue weighted by Gasteiger charge is -2.08. The van der Waals surface area contributed by atoms with Crippen LogP contribution in [0, 0.1) is 0 Å². The van der Waals surface area contributed by atoms with E-state index in [-0.39, 0.29) is 0 Å². The molecule has 0 radical (unpaired) electrons. The molecule has 76 valence electrons. The molecule has 0 aliphatic heterocycles. The van der Waals surface area contributed by atoms with Crippen molar-refractivity contribution in [1.29, 1.82) is 0 Å². The normalized spacial score (nSPS) is 11.3. The van der Waals surface area contributed by atoms with Crippen molar-refractivity contribution in [2.24, 2.45) is 0 Å². The van der Waals surface area contributed by atoms with Crippen LogP contribution in [-0.2, 0) is 4.57 Å². The zero-order valence-corrected chi connectivity index (χ0v) is 8.83. The smallest absolute Gasteiger partial charge is 0.540 e. The second kappa shape index (κ2) is 3.93. The van der Waals surface area contributed by atoms with Gasteiger partial charge < -0.3 is 4.89 Å². The summed E-state index contributed by atoms with van der Waals surface area (Å²) in [7, 11) is -3.81. The number of hydrogen-bond donors (Lipinski definition) is 0. The first kappa shape index (κ1) is 10.0. The third kappa shape index (κ3) is 1.96. The first-order chi connectivity index (χ1) is 7.21. The Kier molecular flexibility index (Phi) is 2.62. The van der Waals surface area contributed by atoms with Crippen LogP contribution in [0.25, 0.3) is 0 Å². The molecule has 0 unspecified atom stereocenters. The molecule has 2 aromatic heterocycles. The third-order valence-corrected chi connectivity index (χ3v) is 3.68. The van der Waals surface area contributed by atoms with Crippen LogP contribution < -0.4 is 13.6 Å². The van der Waals surface area contributed by atoms with E-state index in [0.29, 0.717) is 0 Å². The molecule has 0 spiro atoms. The van der Waals surface area contributed by atoms with Gasteiger partial charge in [0.25, 0.3) is 0 Å². The highest BCUT2D eigenvalue weighted by Gasteiger charge is 2.30. The molecule has 0 saturated heterocycles. The molecule has 15 heavy (non-hydrogen) atoms. The second-order valence-electron chi connectivity index (χ2n) is 3.00. The number of hydrogen-bond acceptors (Lipinski definition) is 2. The Bertz CT molecular complexity index is 444. The molecule has 5 heteroatoms. The number of rotatable bonds is 2. The summed E-state index contributed by atoms with van der Waals surface area (Å²) in [4.78, 5) is 12.0. The van der Waals surface area contributed by atoms with Gasteiger partial charge in [-0.1, -0.05) is 12.1 Å². The van der Waals surface area contributed by atoms with Gasteiger partial charge in [0.15, 0.2) is 24.8 Å². The van der Waals surface area contributed by atoms with Gasteiger partial charge in [-0.15, -0.1) is 8.68 Å². The van der Waals surface area contributed by atoms with Crippen LogP contribution in [0.5, 0.6) is 0 Å². The summed E-state index contributed by atoms with van der Waals surface area (Å²) in [6, 6.07) is 10.2. The van der Waals surface area contributed by atoms with E-state index >= 15 is 0 Å². The van der Waals surface area contributed by atoms with Gasteiger partial charge in [-0.25, -0.2) is 0 Å². The Balaban J connectivity index is 2.50. The summed E-state index contributed by atoms with van der Waals surface area (Å²) in [5, 5.41) is 0. The molecule has 0 atom stereocenters. The van der Waals surface area contributed by atoms with Crippen molar-refractivity contribution in [3.63, 3.8) is 0 Å². The Hall–Kier alpha value is -1.51. The molecule has 0 bridgehead atoms. The average molecular weight is 221 g/mol. The number of nitrogens with zero attached hydrogens (tertiary/aromatic N) is 2. The van der Waals surface area contributed by atoms with Gasteiger partial charge >= 0.3 is 7.67 Å². The van der Waals surface area contributed by atoms with Gasteiger partial charge in [-0.3, -0.25) is 0 Å². The van der Waals surface area contributed by atoms with Crippen LogP contribution in [0.2, 0.25) is 0 Å². The van der Waals surface area contributed by atoms with E-state index in [1.165, 1.54) is 33.5 Å². The van der Waals surface area contributed by atoms with Crippen molar-refractivity contribution in [1.82, 2.24) is 0 Å². The monoisotopic (exact) mass is 221 g/mol. The predicted molar refractivity (Wildman–Crippen MR) is 51.7 cm³/mol. The Morgan fingerprint density at radius 1 is 0.733 bits per heavy atom. The van der Waals surface area contributed by atoms with Crippen LogP contribution >= 0.6 is 7.67 Å². The lowest BCUT2D eigenvalue weighted by atomic mass is 10.5. The molecule has 2 heterocycles. The zero-order valence-electron chi connectivity index (χ0n) is 7.93. The molecule has 0 aliphatic rings. The molecule has 0 N–H and O–H groups in total. The lowest BCUT2D eigenvalue weighted by molar-refractivity contribution is -0.689. The third-order valence-electron chi connectivity index (χ3n) is 1.98. The SMILES string of the molecule is O=P([O-])([n+]1ccccc1)[n+]1ccccc1. The van der Waals surface area contributed by atoms with E-state index in [0.717, 1.165) is 0 Å². The van der Waals surface area contributed by atoms with Gasteiger partial charge in [-0.2, -0.15) is 4.57 Å². The van der Waals surface area contributed by atoms with E-state index in [4.69, 9.17) is 0 Å². The maximum Gasteiger partial charge on any atom is 0.540 e. The maximum absolute atomic E-state index is 12.0. The van der Waals surface area contributed by atoms with Crippen LogP contribution in [0.1, 0.15) is 0 Å². The summed E-state index contributed by atoms with van der Waals surface area (Å²) in [6.45, 7) is 0. The summed E-state index contributed by atoms with van der Waals surface area (Å²) in [5.41, 5.74) is 0. The van der Waals surface area contributed by atoms with Crippen LogP contribution in [0.4, 0.5) is 0 Å². The van der Waals surface area contributed by atoms with Gasteiger partial charge in [0.1, 0.15) is 0 Å². The molecule has 0 aliphatic carbocycles. The van der Waals surface area contributed by atoms with E-state index in [9.17, 15) is 9.46 Å². The Morgan fingerprint density at radius 2 is 1.07 bits per heavy atom. The highest BCUT2D eigenvalue weighted by molar-refractivity contribution is 7.41. The molecular weight excluding hydrogens is 211 g/mol. The highest BCUT2D eigenvalue weighted by atomic mass is 31.2. The quantitative estimate of drug-likeness (QED) is 0.676. The minimum Gasteiger partial charge on any atom is -0.686 e. The van der Waals surface area contributed by atoms with Gasteiger partial charge in [-0.05, 0) is 0 Å². The molecule has 2 rings (SSSR count). The zero-order chi connectivity index (χ0) is 10.7. The summed E-state index contributed by atoms with van der Waals surface area (Å²) >= 11 is 0. The highest BCUT2D eigenvalue weighted by Crippen LogP contribution is 2.20. The summed E-state index contributed by atoms with van der Waals surface area (Å²) < 4.78 is 14.4. The summed E-state index contributed by atoms with van der Waals surface area (Å²) in [5.74, 6) is 0. The lowest BCUT2D eigenvalue weighted by Crippen LogP contribution is -2.51. The molecule has 0 saturated carbocycles. The van der Waals surface area contributed by atoms with Crippen molar-refractivity contribution in [2.75, 3.05) is 0 Å². The molecule has 0 aromatic carbocycles. The van der Waals surface area contributed by atoms with E-state index in [1.807, 2.05) is 0 Å². The average Bonchev–Trinajstić information content (AvgIpc) is 2.31. The Morgan fingerprint density at radius 3 is 1.40 bits per heavy atom. The topological polar surface area (TPSA) is 47.9 Å². The molecule has 0 amide bonds. The minimum atomic E-state index is -3.81. The van der Waals surface area contributed by atoms with Crippen molar-refractivity contribution >= 4 is 7.67 Å². The Labute approximate surface area is 87.6 Å². The number of pyridine rings is 2. The molecule has 0 fully saturated rings. The fourth-order valence-electron chi connectivity index (χ4n) is 1.24. The van der Waals surface area contributed by atoms with Crippen molar-refractivity contribution in [3.05, 3.63) is 61.2 Å². The molecule has 2 aromatic rings. The van der Waals surface area contributed by atoms with E-state index in [1.54, 1.807) is 36.4 Å². The van der Waals surface area contributed by atoms with Crippen LogP contribution in [0.3, 0.4) is 0 Å². The molecular formula is C10H10N2O2P+. The van der Waals surface area contributed by atoms with Gasteiger partial charge in [0, 0.05) is 24.3 Å². The van der Waals surface area contributed by atoms with E-state index < -0.39 is 7.67 Å². The number of aromatic nitrogens is 2. The fraction of sp³-hybridized carbons (Fsp3) is 0. The standard InChI is InChI=1S/C10H10N2O2P/c13-15(14,11-7-3-1-4-8-11)12-9-5-2-6-10-12/h1-10H/q+1. The van der Waals surface area contributed by atoms with Crippen LogP contribution in [-0.4, -0.2) is 0 Å². The van der Waals surface area contributed by atoms with E-state index in [2.05, 4.69) is 0 Å². The summed E-state index contributed by atoms with van der Waals surface area (Å²) in [6.07, 6.45) is 6.03. The van der Waals surface area contributed by atoms with Gasteiger partial charge in [0.2, 0.25) is 0 Å². The first-order valence-electron chi connectivity index (χ1n) is 4.46. The first-order valence-corrected chi connectivity index (χ1v) is 5.99. The van der Waals surface area contributed by atoms with Gasteiger partial charge in [0.05, 0.1) is 0 Å². The fourth-order valence-corrected chi connectivity index (χ4v) is 2.46. The predicted octanol–water partition coefficient (Wildman–Crippen LogP) is 0.126. The minimum absolute atomic E-state index is 1.19. The largest absolute Gasteiger partial charge is 0.686 e. The van der Waals surface area contributed by atoms with Crippen LogP contribution in [0.15, 0.2) is 61.2 Å². The van der Waals surface area contributed by atoms with Crippen molar-refractivity contribution in [3.8, 4) is 0 Å². The van der Waals surface area contributed by atoms with Crippen molar-refractivity contribution in [2.45, 2.75) is 0 Å². The maximum atomic E-state index is 12.0. The molecule has 4 nitrogen and oxygen atoms in total. The van der Waals surface area contributed by atoms with Crippen molar-refractivity contribution < 1.29 is 18.1 Å².